The SMILES string of the molecule is CSc1ccc(Cl)c(C(=O)Nc2nn(Cc3c(F)cccc3Cl)cc2Cl)c1. The Morgan fingerprint density at radius 2 is 1.96 bits per heavy atom. The normalized spacial score (nSPS) is 10.9. The molecule has 0 aliphatic heterocycles. The van der Waals surface area contributed by atoms with Crippen LogP contribution >= 0.6 is 46.6 Å². The number of benzene rings is 2. The molecule has 0 saturated heterocycles. The second-order valence-electron chi connectivity index (χ2n) is 5.52. The van der Waals surface area contributed by atoms with E-state index in [0.29, 0.717) is 10.6 Å². The number of halogens is 4. The number of rotatable bonds is 5. The highest BCUT2D eigenvalue weighted by atomic mass is 35.5. The summed E-state index contributed by atoms with van der Waals surface area (Å²) in [7, 11) is 0. The van der Waals surface area contributed by atoms with Gasteiger partial charge in [0.25, 0.3) is 5.91 Å². The lowest BCUT2D eigenvalue weighted by Crippen LogP contribution is -2.14. The van der Waals surface area contributed by atoms with Crippen LogP contribution in [0.15, 0.2) is 47.5 Å². The van der Waals surface area contributed by atoms with Crippen molar-refractivity contribution in [3.8, 4) is 0 Å². The van der Waals surface area contributed by atoms with E-state index in [1.54, 1.807) is 18.2 Å². The molecular formula is C18H13Cl3FN3OS. The van der Waals surface area contributed by atoms with E-state index in [1.807, 2.05) is 12.3 Å². The molecular weight excluding hydrogens is 432 g/mol. The first kappa shape index (κ1) is 20.0. The monoisotopic (exact) mass is 443 g/mol. The predicted octanol–water partition coefficient (Wildman–Crippen LogP) is 6.00. The Morgan fingerprint density at radius 3 is 2.67 bits per heavy atom. The highest BCUT2D eigenvalue weighted by Gasteiger charge is 2.16. The second-order valence-corrected chi connectivity index (χ2v) is 7.62. The Labute approximate surface area is 174 Å². The topological polar surface area (TPSA) is 46.9 Å². The van der Waals surface area contributed by atoms with Crippen LogP contribution in [0, 0.1) is 5.82 Å². The van der Waals surface area contributed by atoms with Crippen molar-refractivity contribution in [2.24, 2.45) is 0 Å². The third-order valence-corrected chi connectivity index (χ3v) is 5.43. The summed E-state index contributed by atoms with van der Waals surface area (Å²) in [5.74, 6) is -0.730. The summed E-state index contributed by atoms with van der Waals surface area (Å²) in [4.78, 5) is 13.4. The molecule has 0 saturated carbocycles. The van der Waals surface area contributed by atoms with E-state index in [4.69, 9.17) is 34.8 Å². The molecule has 0 fully saturated rings. The van der Waals surface area contributed by atoms with Crippen molar-refractivity contribution in [3.63, 3.8) is 0 Å². The van der Waals surface area contributed by atoms with Gasteiger partial charge >= 0.3 is 0 Å². The fourth-order valence-electron chi connectivity index (χ4n) is 2.39. The fourth-order valence-corrected chi connectivity index (χ4v) is 3.45. The summed E-state index contributed by atoms with van der Waals surface area (Å²) >= 11 is 19.8. The molecule has 0 aliphatic rings. The zero-order valence-electron chi connectivity index (χ0n) is 14.0. The molecule has 9 heteroatoms. The molecule has 1 heterocycles. The molecule has 3 rings (SSSR count). The van der Waals surface area contributed by atoms with Crippen molar-refractivity contribution >= 4 is 58.3 Å². The third-order valence-electron chi connectivity index (χ3n) is 3.75. The Bertz CT molecular complexity index is 989. The van der Waals surface area contributed by atoms with Gasteiger partial charge in [-0.05, 0) is 36.6 Å². The molecule has 1 N–H and O–H groups in total. The molecule has 1 amide bonds. The van der Waals surface area contributed by atoms with Crippen molar-refractivity contribution in [2.45, 2.75) is 11.4 Å². The maximum atomic E-state index is 13.9. The maximum absolute atomic E-state index is 13.9. The Kier molecular flexibility index (Phi) is 6.32. The van der Waals surface area contributed by atoms with E-state index in [2.05, 4.69) is 10.4 Å². The highest BCUT2D eigenvalue weighted by Crippen LogP contribution is 2.26. The zero-order valence-corrected chi connectivity index (χ0v) is 17.1. The van der Waals surface area contributed by atoms with Crippen molar-refractivity contribution in [2.75, 3.05) is 11.6 Å². The number of amides is 1. The number of aromatic nitrogens is 2. The van der Waals surface area contributed by atoms with Crippen LogP contribution in [0.25, 0.3) is 0 Å². The van der Waals surface area contributed by atoms with Gasteiger partial charge in [-0.25, -0.2) is 4.39 Å². The summed E-state index contributed by atoms with van der Waals surface area (Å²) in [6.07, 6.45) is 3.39. The molecule has 2 aromatic carbocycles. The van der Waals surface area contributed by atoms with Gasteiger partial charge in [-0.15, -0.1) is 11.8 Å². The largest absolute Gasteiger partial charge is 0.304 e. The number of hydrogen-bond acceptors (Lipinski definition) is 3. The van der Waals surface area contributed by atoms with Crippen LogP contribution in [0.3, 0.4) is 0 Å². The smallest absolute Gasteiger partial charge is 0.258 e. The first-order valence-corrected chi connectivity index (χ1v) is 10.1. The summed E-state index contributed by atoms with van der Waals surface area (Å²) in [5.41, 5.74) is 0.596. The van der Waals surface area contributed by atoms with Crippen molar-refractivity contribution in [1.82, 2.24) is 9.78 Å². The minimum absolute atomic E-state index is 0.0732. The second kappa shape index (κ2) is 8.52. The predicted molar refractivity (Wildman–Crippen MR) is 109 cm³/mol. The van der Waals surface area contributed by atoms with E-state index in [9.17, 15) is 9.18 Å². The van der Waals surface area contributed by atoms with Gasteiger partial charge in [0, 0.05) is 21.7 Å². The first-order chi connectivity index (χ1) is 12.9. The van der Waals surface area contributed by atoms with E-state index in [1.165, 1.54) is 34.8 Å². The Hall–Kier alpha value is -1.73. The summed E-state index contributed by atoms with van der Waals surface area (Å²) < 4.78 is 15.4. The average Bonchev–Trinajstić information content (AvgIpc) is 2.98. The summed E-state index contributed by atoms with van der Waals surface area (Å²) in [6.45, 7) is 0.0732. The minimum atomic E-state index is -0.444. The van der Waals surface area contributed by atoms with Gasteiger partial charge in [-0.2, -0.15) is 5.10 Å². The van der Waals surface area contributed by atoms with Crippen LogP contribution in [0.5, 0.6) is 0 Å². The number of nitrogens with one attached hydrogen (secondary N) is 1. The maximum Gasteiger partial charge on any atom is 0.258 e. The van der Waals surface area contributed by atoms with Crippen molar-refractivity contribution in [1.29, 1.82) is 0 Å². The average molecular weight is 445 g/mol. The zero-order chi connectivity index (χ0) is 19.6. The Balaban J connectivity index is 1.82. The first-order valence-electron chi connectivity index (χ1n) is 7.69. The molecule has 0 radical (unpaired) electrons. The van der Waals surface area contributed by atoms with Crippen LogP contribution in [-0.4, -0.2) is 21.9 Å². The van der Waals surface area contributed by atoms with E-state index in [-0.39, 0.29) is 28.0 Å². The van der Waals surface area contributed by atoms with E-state index >= 15 is 0 Å². The molecule has 0 unspecified atom stereocenters. The minimum Gasteiger partial charge on any atom is -0.304 e. The van der Waals surface area contributed by atoms with Crippen LogP contribution in [0.4, 0.5) is 10.2 Å². The summed E-state index contributed by atoms with van der Waals surface area (Å²) in [5, 5.41) is 7.65. The van der Waals surface area contributed by atoms with Crippen LogP contribution in [-0.2, 0) is 6.54 Å². The van der Waals surface area contributed by atoms with Gasteiger partial charge < -0.3 is 5.32 Å². The highest BCUT2D eigenvalue weighted by molar-refractivity contribution is 7.98. The number of carbonyl (C=O) groups is 1. The Morgan fingerprint density at radius 1 is 1.19 bits per heavy atom. The van der Waals surface area contributed by atoms with E-state index in [0.717, 1.165) is 4.90 Å². The standard InChI is InChI=1S/C18H13Cl3FN3OS/c1-27-10-5-6-14(20)11(7-10)18(26)23-17-15(21)9-25(24-17)8-12-13(19)3-2-4-16(12)22/h2-7,9H,8H2,1H3,(H,23,24,26). The quantitative estimate of drug-likeness (QED) is 0.491. The lowest BCUT2D eigenvalue weighted by atomic mass is 10.2. The molecule has 27 heavy (non-hydrogen) atoms. The lowest BCUT2D eigenvalue weighted by Gasteiger charge is -2.07. The number of hydrogen-bond donors (Lipinski definition) is 1. The van der Waals surface area contributed by atoms with Gasteiger partial charge in [0.1, 0.15) is 10.8 Å². The molecule has 0 atom stereocenters. The molecule has 140 valence electrons. The van der Waals surface area contributed by atoms with Gasteiger partial charge in [0.2, 0.25) is 0 Å². The van der Waals surface area contributed by atoms with E-state index < -0.39 is 11.7 Å². The molecule has 0 bridgehead atoms. The lowest BCUT2D eigenvalue weighted by molar-refractivity contribution is 0.102. The number of thioether (sulfide) groups is 1. The van der Waals surface area contributed by atoms with Crippen molar-refractivity contribution < 1.29 is 9.18 Å². The molecule has 0 spiro atoms. The van der Waals surface area contributed by atoms with Crippen LogP contribution in [0.1, 0.15) is 15.9 Å². The van der Waals surface area contributed by atoms with Crippen LogP contribution < -0.4 is 5.32 Å². The van der Waals surface area contributed by atoms with Crippen LogP contribution in [0.2, 0.25) is 15.1 Å². The number of carbonyl (C=O) groups excluding carboxylic acids is 1. The third kappa shape index (κ3) is 4.58. The fraction of sp³-hybridized carbons (Fsp3) is 0.111. The molecule has 1 aromatic heterocycles. The van der Waals surface area contributed by atoms with Gasteiger partial charge in [-0.1, -0.05) is 40.9 Å². The van der Waals surface area contributed by atoms with Gasteiger partial charge in [0.15, 0.2) is 5.82 Å². The molecule has 4 nitrogen and oxygen atoms in total. The van der Waals surface area contributed by atoms with Gasteiger partial charge in [0.05, 0.1) is 17.1 Å². The molecule has 0 aliphatic carbocycles. The molecule has 3 aromatic rings. The van der Waals surface area contributed by atoms with Gasteiger partial charge in [-0.3, -0.25) is 9.48 Å². The van der Waals surface area contributed by atoms with Crippen molar-refractivity contribution in [3.05, 3.63) is 74.6 Å². The number of anilines is 1. The summed E-state index contributed by atoms with van der Waals surface area (Å²) in [6, 6.07) is 9.60. The number of nitrogens with zero attached hydrogens (tertiary/aromatic N) is 2.